The molecule has 0 saturated carbocycles. The molecule has 2 saturated heterocycles. The van der Waals surface area contributed by atoms with Gasteiger partial charge in [0.25, 0.3) is 6.43 Å². The highest BCUT2D eigenvalue weighted by molar-refractivity contribution is 5.54. The molecule has 142 valence electrons. The molecule has 0 N–H and O–H groups in total. The van der Waals surface area contributed by atoms with Crippen molar-refractivity contribution in [1.82, 2.24) is 19.7 Å². The highest BCUT2D eigenvalue weighted by Gasteiger charge is 2.39. The maximum absolute atomic E-state index is 13.3. The van der Waals surface area contributed by atoms with E-state index in [0.29, 0.717) is 23.6 Å². The number of hydrogen-bond donors (Lipinski definition) is 0. The molecule has 8 heteroatoms. The third-order valence-corrected chi connectivity index (χ3v) is 5.70. The van der Waals surface area contributed by atoms with Gasteiger partial charge in [0, 0.05) is 50.7 Å². The Bertz CT molecular complexity index is 858. The van der Waals surface area contributed by atoms with Crippen LogP contribution >= 0.6 is 0 Å². The van der Waals surface area contributed by atoms with Crippen LogP contribution in [0.25, 0.3) is 0 Å². The molecule has 0 radical (unpaired) electrons. The number of alkyl halides is 2. The molecule has 4 heterocycles. The van der Waals surface area contributed by atoms with Gasteiger partial charge in [-0.05, 0) is 37.4 Å². The van der Waals surface area contributed by atoms with Crippen molar-refractivity contribution < 1.29 is 8.78 Å². The Labute approximate surface area is 157 Å². The van der Waals surface area contributed by atoms with Gasteiger partial charge in [0.05, 0.1) is 5.56 Å². The standard InChI is InChI=1S/C19H22F2N6/c1-25-10-15(17(24-25)18(20)21)11-26-7-4-13-5-8-27(12-16(13)26)19-14(9-22)3-2-6-23-19/h2-3,6,10,13,16,18H,4-5,7-8,11-12H2,1H3. The predicted molar refractivity (Wildman–Crippen MR) is 96.3 cm³/mol. The van der Waals surface area contributed by atoms with E-state index in [4.69, 9.17) is 0 Å². The molecule has 2 atom stereocenters. The highest BCUT2D eigenvalue weighted by Crippen LogP contribution is 2.35. The SMILES string of the molecule is Cn1cc(CN2CCC3CCN(c4ncccc4C#N)CC32)c(C(F)F)n1. The fourth-order valence-electron chi connectivity index (χ4n) is 4.43. The Hall–Kier alpha value is -2.53. The molecule has 2 aromatic heterocycles. The van der Waals surface area contributed by atoms with Crippen molar-refractivity contribution in [2.24, 2.45) is 13.0 Å². The average molecular weight is 372 g/mol. The Kier molecular flexibility index (Phi) is 4.79. The van der Waals surface area contributed by atoms with E-state index in [2.05, 4.69) is 26.0 Å². The first-order valence-electron chi connectivity index (χ1n) is 9.21. The van der Waals surface area contributed by atoms with Crippen LogP contribution in [0.5, 0.6) is 0 Å². The molecule has 0 aliphatic carbocycles. The number of rotatable bonds is 4. The molecular formula is C19H22F2N6. The number of hydrogen-bond acceptors (Lipinski definition) is 5. The van der Waals surface area contributed by atoms with E-state index < -0.39 is 6.43 Å². The number of likely N-dealkylation sites (tertiary alicyclic amines) is 1. The van der Waals surface area contributed by atoms with Crippen LogP contribution in [0.1, 0.15) is 36.1 Å². The molecule has 2 unspecified atom stereocenters. The molecule has 6 nitrogen and oxygen atoms in total. The van der Waals surface area contributed by atoms with Gasteiger partial charge in [0.1, 0.15) is 17.6 Å². The molecular weight excluding hydrogens is 350 g/mol. The number of fused-ring (bicyclic) bond motifs is 1. The Morgan fingerprint density at radius 2 is 2.15 bits per heavy atom. The first kappa shape index (κ1) is 17.9. The van der Waals surface area contributed by atoms with Crippen molar-refractivity contribution in [3.63, 3.8) is 0 Å². The van der Waals surface area contributed by atoms with Crippen molar-refractivity contribution >= 4 is 5.82 Å². The van der Waals surface area contributed by atoms with Gasteiger partial charge in [0.15, 0.2) is 0 Å². The Balaban J connectivity index is 1.53. The lowest BCUT2D eigenvalue weighted by Crippen LogP contribution is -2.48. The summed E-state index contributed by atoms with van der Waals surface area (Å²) in [5.41, 5.74) is 1.05. The first-order valence-corrected chi connectivity index (χ1v) is 9.21. The van der Waals surface area contributed by atoms with Crippen molar-refractivity contribution in [3.8, 4) is 6.07 Å². The quantitative estimate of drug-likeness (QED) is 0.826. The summed E-state index contributed by atoms with van der Waals surface area (Å²) < 4.78 is 28.0. The summed E-state index contributed by atoms with van der Waals surface area (Å²) >= 11 is 0. The zero-order chi connectivity index (χ0) is 19.0. The van der Waals surface area contributed by atoms with Crippen LogP contribution in [0, 0.1) is 17.2 Å². The van der Waals surface area contributed by atoms with Gasteiger partial charge >= 0.3 is 0 Å². The highest BCUT2D eigenvalue weighted by atomic mass is 19.3. The van der Waals surface area contributed by atoms with Gasteiger partial charge in [-0.25, -0.2) is 13.8 Å². The van der Waals surface area contributed by atoms with E-state index in [1.165, 1.54) is 4.68 Å². The minimum Gasteiger partial charge on any atom is -0.354 e. The largest absolute Gasteiger partial charge is 0.354 e. The summed E-state index contributed by atoms with van der Waals surface area (Å²) in [7, 11) is 1.68. The molecule has 4 rings (SSSR count). The van der Waals surface area contributed by atoms with Gasteiger partial charge < -0.3 is 4.90 Å². The summed E-state index contributed by atoms with van der Waals surface area (Å²) in [5.74, 6) is 1.28. The molecule has 2 aromatic rings. The van der Waals surface area contributed by atoms with Crippen LogP contribution in [0.4, 0.5) is 14.6 Å². The van der Waals surface area contributed by atoms with Crippen LogP contribution in [0.3, 0.4) is 0 Å². The van der Waals surface area contributed by atoms with E-state index in [-0.39, 0.29) is 11.7 Å². The molecule has 0 spiro atoms. The van der Waals surface area contributed by atoms with Crippen molar-refractivity contribution in [1.29, 1.82) is 5.26 Å². The number of pyridine rings is 1. The number of nitrogens with zero attached hydrogens (tertiary/aromatic N) is 6. The fraction of sp³-hybridized carbons (Fsp3) is 0.526. The van der Waals surface area contributed by atoms with Crippen LogP contribution in [-0.2, 0) is 13.6 Å². The first-order chi connectivity index (χ1) is 13.1. The molecule has 27 heavy (non-hydrogen) atoms. The minimum absolute atomic E-state index is 0.120. The zero-order valence-corrected chi connectivity index (χ0v) is 15.2. The van der Waals surface area contributed by atoms with Gasteiger partial charge in [-0.2, -0.15) is 10.4 Å². The van der Waals surface area contributed by atoms with Gasteiger partial charge in [-0.1, -0.05) is 0 Å². The van der Waals surface area contributed by atoms with Crippen molar-refractivity contribution in [2.75, 3.05) is 24.5 Å². The molecule has 0 bridgehead atoms. The second kappa shape index (κ2) is 7.24. The fourth-order valence-corrected chi connectivity index (χ4v) is 4.43. The van der Waals surface area contributed by atoms with Gasteiger partial charge in [-0.3, -0.25) is 9.58 Å². The number of aromatic nitrogens is 3. The number of piperidine rings is 1. The number of aryl methyl sites for hydroxylation is 1. The topological polar surface area (TPSA) is 61.0 Å². The molecule has 2 aliphatic heterocycles. The predicted octanol–water partition coefficient (Wildman–Crippen LogP) is 2.73. The minimum atomic E-state index is -2.56. The van der Waals surface area contributed by atoms with E-state index in [0.717, 1.165) is 38.3 Å². The summed E-state index contributed by atoms with van der Waals surface area (Å²) in [6, 6.07) is 6.04. The smallest absolute Gasteiger partial charge is 0.282 e. The second-order valence-electron chi connectivity index (χ2n) is 7.32. The summed E-state index contributed by atoms with van der Waals surface area (Å²) in [6.07, 6.45) is 2.95. The van der Waals surface area contributed by atoms with Crippen LogP contribution in [-0.4, -0.2) is 45.3 Å². The third kappa shape index (κ3) is 3.39. The van der Waals surface area contributed by atoms with Crippen molar-refractivity contribution in [2.45, 2.75) is 31.9 Å². The normalized spacial score (nSPS) is 22.9. The van der Waals surface area contributed by atoms with E-state index in [9.17, 15) is 14.0 Å². The van der Waals surface area contributed by atoms with Crippen LogP contribution < -0.4 is 4.90 Å². The lowest BCUT2D eigenvalue weighted by atomic mass is 9.92. The lowest BCUT2D eigenvalue weighted by molar-refractivity contribution is 0.140. The Morgan fingerprint density at radius 3 is 2.93 bits per heavy atom. The monoisotopic (exact) mass is 372 g/mol. The van der Waals surface area contributed by atoms with Crippen LogP contribution in [0.15, 0.2) is 24.5 Å². The lowest BCUT2D eigenvalue weighted by Gasteiger charge is -2.39. The van der Waals surface area contributed by atoms with Crippen LogP contribution in [0.2, 0.25) is 0 Å². The summed E-state index contributed by atoms with van der Waals surface area (Å²) in [4.78, 5) is 8.86. The maximum atomic E-state index is 13.3. The third-order valence-electron chi connectivity index (χ3n) is 5.70. The summed E-state index contributed by atoms with van der Waals surface area (Å²) in [6.45, 7) is 3.01. The van der Waals surface area contributed by atoms with E-state index in [1.54, 1.807) is 31.6 Å². The number of halogens is 2. The van der Waals surface area contributed by atoms with Crippen molar-refractivity contribution in [3.05, 3.63) is 41.3 Å². The summed E-state index contributed by atoms with van der Waals surface area (Å²) in [5, 5.41) is 13.3. The Morgan fingerprint density at radius 1 is 1.33 bits per heavy atom. The zero-order valence-electron chi connectivity index (χ0n) is 15.2. The van der Waals surface area contributed by atoms with E-state index in [1.807, 2.05) is 0 Å². The molecule has 0 aromatic carbocycles. The molecule has 0 amide bonds. The molecule has 2 fully saturated rings. The molecule has 2 aliphatic rings. The second-order valence-corrected chi connectivity index (χ2v) is 7.32. The average Bonchev–Trinajstić information content (AvgIpc) is 3.25. The maximum Gasteiger partial charge on any atom is 0.282 e. The van der Waals surface area contributed by atoms with Gasteiger partial charge in [-0.15, -0.1) is 0 Å². The number of anilines is 1. The number of nitriles is 1. The van der Waals surface area contributed by atoms with Gasteiger partial charge in [0.2, 0.25) is 0 Å². The van der Waals surface area contributed by atoms with E-state index >= 15 is 0 Å².